The van der Waals surface area contributed by atoms with Gasteiger partial charge < -0.3 is 4.79 Å². The molecule has 2 fully saturated rings. The van der Waals surface area contributed by atoms with Gasteiger partial charge in [0.1, 0.15) is 6.29 Å². The summed E-state index contributed by atoms with van der Waals surface area (Å²) in [7, 11) is 0. The molecule has 166 valence electrons. The average molecular weight is 418 g/mol. The van der Waals surface area contributed by atoms with E-state index in [9.17, 15) is 4.79 Å². The van der Waals surface area contributed by atoms with Crippen molar-refractivity contribution in [3.05, 3.63) is 59.7 Å². The summed E-state index contributed by atoms with van der Waals surface area (Å²) in [4.78, 5) is 11.8. The Labute approximate surface area is 189 Å². The minimum absolute atomic E-state index is 0.313. The van der Waals surface area contributed by atoms with E-state index in [1.807, 2.05) is 18.2 Å². The molecule has 2 aliphatic rings. The van der Waals surface area contributed by atoms with E-state index in [1.165, 1.54) is 68.6 Å². The molecule has 0 atom stereocenters. The lowest BCUT2D eigenvalue weighted by Crippen LogP contribution is -2.31. The first-order valence-corrected chi connectivity index (χ1v) is 12.5. The lowest BCUT2D eigenvalue weighted by Gasteiger charge is -2.40. The number of nitriles is 1. The molecule has 2 nitrogen and oxygen atoms in total. The van der Waals surface area contributed by atoms with Gasteiger partial charge in [-0.15, -0.1) is 0 Å². The van der Waals surface area contributed by atoms with Crippen molar-refractivity contribution in [2.75, 3.05) is 0 Å². The Kier molecular flexibility index (Phi) is 9.13. The molecule has 3 rings (SSSR count). The number of aldehydes is 1. The van der Waals surface area contributed by atoms with Crippen molar-refractivity contribution < 1.29 is 4.79 Å². The molecule has 1 aromatic carbocycles. The molecular weight excluding hydrogens is 378 g/mol. The quantitative estimate of drug-likeness (QED) is 0.179. The summed E-state index contributed by atoms with van der Waals surface area (Å²) in [5, 5.41) is 8.61. The maximum absolute atomic E-state index is 11.8. The monoisotopic (exact) mass is 417 g/mol. The van der Waals surface area contributed by atoms with Crippen molar-refractivity contribution >= 4 is 6.29 Å². The smallest absolute Gasteiger partial charge is 0.129 e. The average Bonchev–Trinajstić information content (AvgIpc) is 2.83. The van der Waals surface area contributed by atoms with Gasteiger partial charge in [-0.25, -0.2) is 0 Å². The molecular formula is C29H39NO. The van der Waals surface area contributed by atoms with Crippen LogP contribution >= 0.6 is 0 Å². The van der Waals surface area contributed by atoms with Gasteiger partial charge in [0.05, 0.1) is 6.07 Å². The maximum atomic E-state index is 11.8. The molecule has 0 N–H and O–H groups in total. The number of unbranched alkanes of at least 4 members (excludes halogenated alkanes) is 2. The zero-order valence-electron chi connectivity index (χ0n) is 19.3. The summed E-state index contributed by atoms with van der Waals surface area (Å²) in [6.45, 7) is 2.26. The lowest BCUT2D eigenvalue weighted by molar-refractivity contribution is -0.116. The molecule has 0 aromatic heterocycles. The Morgan fingerprint density at radius 3 is 2.26 bits per heavy atom. The molecule has 0 heterocycles. The number of rotatable bonds is 9. The van der Waals surface area contributed by atoms with Crippen LogP contribution < -0.4 is 0 Å². The van der Waals surface area contributed by atoms with Gasteiger partial charge in [0.25, 0.3) is 0 Å². The zero-order valence-corrected chi connectivity index (χ0v) is 19.3. The highest BCUT2D eigenvalue weighted by Crippen LogP contribution is 2.47. The molecule has 31 heavy (non-hydrogen) atoms. The van der Waals surface area contributed by atoms with Gasteiger partial charge in [0.2, 0.25) is 0 Å². The van der Waals surface area contributed by atoms with Gasteiger partial charge >= 0.3 is 0 Å². The van der Waals surface area contributed by atoms with Gasteiger partial charge in [-0.05, 0) is 93.1 Å². The first-order chi connectivity index (χ1) is 15.2. The van der Waals surface area contributed by atoms with Crippen LogP contribution in [0.4, 0.5) is 0 Å². The molecule has 1 aromatic rings. The second-order valence-corrected chi connectivity index (χ2v) is 9.85. The number of hydrogen-bond acceptors (Lipinski definition) is 2. The van der Waals surface area contributed by atoms with E-state index in [2.05, 4.69) is 31.2 Å². The van der Waals surface area contributed by atoms with Crippen molar-refractivity contribution in [3.8, 4) is 6.07 Å². The van der Waals surface area contributed by atoms with Crippen LogP contribution in [0.2, 0.25) is 0 Å². The highest BCUT2D eigenvalue weighted by Gasteiger charge is 2.37. The third kappa shape index (κ3) is 6.67. The predicted molar refractivity (Wildman–Crippen MR) is 129 cm³/mol. The van der Waals surface area contributed by atoms with Crippen molar-refractivity contribution in [2.45, 2.75) is 89.9 Å². The van der Waals surface area contributed by atoms with Crippen LogP contribution in [-0.4, -0.2) is 6.29 Å². The number of carbonyl (C=O) groups excluding carboxylic acids is 1. The highest BCUT2D eigenvalue weighted by atomic mass is 16.1. The van der Waals surface area contributed by atoms with Gasteiger partial charge in [-0.2, -0.15) is 5.26 Å². The summed E-state index contributed by atoms with van der Waals surface area (Å²) in [6, 6.07) is 11.5. The number of benzene rings is 1. The Morgan fingerprint density at radius 1 is 0.968 bits per heavy atom. The molecule has 0 bridgehead atoms. The van der Waals surface area contributed by atoms with Gasteiger partial charge in [-0.1, -0.05) is 62.3 Å². The van der Waals surface area contributed by atoms with Gasteiger partial charge in [0, 0.05) is 11.5 Å². The van der Waals surface area contributed by atoms with Crippen LogP contribution in [0.25, 0.3) is 0 Å². The minimum Gasteiger partial charge on any atom is -0.302 e. The number of nitrogens with zero attached hydrogens (tertiary/aromatic N) is 1. The predicted octanol–water partition coefficient (Wildman–Crippen LogP) is 7.70. The Balaban J connectivity index is 1.46. The van der Waals surface area contributed by atoms with E-state index >= 15 is 0 Å². The summed E-state index contributed by atoms with van der Waals surface area (Å²) in [5.41, 5.74) is 2.72. The molecule has 2 heteroatoms. The Bertz CT molecular complexity index is 766. The standard InChI is InChI=1S/C29H39NO/c1-2-3-5-8-24-9-11-25(12-10-24)26-13-15-27(16-14-26)28-17-20-29(23-31,21-18-28)19-6-4-7-22-30/h4,6-7,9-12,19,23,26-28H,2-3,5,8,13-18,20-21H2,1H3. The van der Waals surface area contributed by atoms with E-state index in [0.29, 0.717) is 0 Å². The first kappa shape index (κ1) is 23.5. The number of aryl methyl sites for hydroxylation is 1. The number of hydrogen-bond donors (Lipinski definition) is 0. The molecule has 0 saturated heterocycles. The van der Waals surface area contributed by atoms with Crippen LogP contribution in [0.3, 0.4) is 0 Å². The summed E-state index contributed by atoms with van der Waals surface area (Å²) >= 11 is 0. The minimum atomic E-state index is -0.313. The molecule has 2 aliphatic carbocycles. The molecule has 0 aliphatic heterocycles. The SMILES string of the molecule is CCCCCc1ccc(C2CCC(C3CCC(C=O)(C=CC=CC#N)CC3)CC2)cc1. The fraction of sp³-hybridized carbons (Fsp3) is 0.586. The molecule has 2 saturated carbocycles. The first-order valence-electron chi connectivity index (χ1n) is 12.5. The van der Waals surface area contributed by atoms with Crippen molar-refractivity contribution in [3.63, 3.8) is 0 Å². The van der Waals surface area contributed by atoms with Crippen LogP contribution in [0.15, 0.2) is 48.6 Å². The fourth-order valence-electron chi connectivity index (χ4n) is 5.78. The van der Waals surface area contributed by atoms with Crippen LogP contribution in [0, 0.1) is 28.6 Å². The van der Waals surface area contributed by atoms with Crippen LogP contribution in [0.5, 0.6) is 0 Å². The highest BCUT2D eigenvalue weighted by molar-refractivity contribution is 5.63. The second kappa shape index (κ2) is 12.0. The topological polar surface area (TPSA) is 40.9 Å². The normalized spacial score (nSPS) is 29.2. The molecule has 0 radical (unpaired) electrons. The van der Waals surface area contributed by atoms with Crippen molar-refractivity contribution in [1.82, 2.24) is 0 Å². The van der Waals surface area contributed by atoms with E-state index < -0.39 is 0 Å². The Hall–Kier alpha value is -2.14. The summed E-state index contributed by atoms with van der Waals surface area (Å²) < 4.78 is 0. The van der Waals surface area contributed by atoms with Gasteiger partial charge in [-0.3, -0.25) is 0 Å². The maximum Gasteiger partial charge on any atom is 0.129 e. The Morgan fingerprint density at radius 2 is 1.65 bits per heavy atom. The van der Waals surface area contributed by atoms with Crippen molar-refractivity contribution in [2.24, 2.45) is 17.3 Å². The molecule has 0 unspecified atom stereocenters. The zero-order chi connectivity index (χ0) is 21.9. The second-order valence-electron chi connectivity index (χ2n) is 9.85. The van der Waals surface area contributed by atoms with E-state index in [4.69, 9.17) is 5.26 Å². The third-order valence-electron chi connectivity index (χ3n) is 7.86. The lowest BCUT2D eigenvalue weighted by atomic mass is 9.64. The van der Waals surface area contributed by atoms with E-state index in [0.717, 1.165) is 49.7 Å². The molecule has 0 amide bonds. The fourth-order valence-corrected chi connectivity index (χ4v) is 5.78. The number of allylic oxidation sites excluding steroid dienone is 4. The van der Waals surface area contributed by atoms with Crippen LogP contribution in [0.1, 0.15) is 94.6 Å². The van der Waals surface area contributed by atoms with E-state index in [1.54, 1.807) is 6.08 Å². The third-order valence-corrected chi connectivity index (χ3v) is 7.86. The van der Waals surface area contributed by atoms with Crippen LogP contribution in [-0.2, 0) is 11.2 Å². The molecule has 0 spiro atoms. The van der Waals surface area contributed by atoms with Gasteiger partial charge in [0.15, 0.2) is 0 Å². The van der Waals surface area contributed by atoms with Crippen molar-refractivity contribution in [1.29, 1.82) is 5.26 Å². The van der Waals surface area contributed by atoms with E-state index in [-0.39, 0.29) is 5.41 Å². The summed E-state index contributed by atoms with van der Waals surface area (Å²) in [5.74, 6) is 2.34. The summed E-state index contributed by atoms with van der Waals surface area (Å²) in [6.07, 6.45) is 22.9. The number of carbonyl (C=O) groups is 1. The largest absolute Gasteiger partial charge is 0.302 e.